The molecule has 0 aromatic carbocycles. The molecule has 0 spiro atoms. The number of ether oxygens (including phenoxy) is 2. The van der Waals surface area contributed by atoms with Crippen molar-refractivity contribution >= 4 is 5.91 Å². The van der Waals surface area contributed by atoms with Gasteiger partial charge in [0.25, 0.3) is 0 Å². The first-order valence-corrected chi connectivity index (χ1v) is 9.93. The van der Waals surface area contributed by atoms with Crippen molar-refractivity contribution in [3.63, 3.8) is 0 Å². The Morgan fingerprint density at radius 3 is 2.88 bits per heavy atom. The number of hydrogen-bond acceptors (Lipinski definition) is 6. The number of hydrogen-bond donors (Lipinski definition) is 0. The Labute approximate surface area is 155 Å². The summed E-state index contributed by atoms with van der Waals surface area (Å²) in [4.78, 5) is 18.6. The number of nitrogens with zero attached hydrogens (tertiary/aromatic N) is 3. The molecule has 1 saturated carbocycles. The molecule has 1 aromatic rings. The van der Waals surface area contributed by atoms with E-state index in [-0.39, 0.29) is 11.8 Å². The second kappa shape index (κ2) is 10.0. The molecule has 146 valence electrons. The predicted molar refractivity (Wildman–Crippen MR) is 95.8 cm³/mol. The zero-order valence-electron chi connectivity index (χ0n) is 15.8. The summed E-state index contributed by atoms with van der Waals surface area (Å²) in [5.74, 6) is 2.36. The highest BCUT2D eigenvalue weighted by atomic mass is 16.5. The van der Waals surface area contributed by atoms with Crippen LogP contribution in [0, 0.1) is 5.92 Å². The number of amides is 1. The van der Waals surface area contributed by atoms with Gasteiger partial charge in [0.05, 0.1) is 25.6 Å². The fourth-order valence-electron chi connectivity index (χ4n) is 3.88. The van der Waals surface area contributed by atoms with Gasteiger partial charge in [-0.05, 0) is 31.6 Å². The SMILES string of the molecule is COCCC(=O)N1CCCC(c2nc(CCOCC3CCCC3)no2)C1. The number of rotatable bonds is 9. The number of methoxy groups -OCH3 is 1. The molecule has 2 heterocycles. The van der Waals surface area contributed by atoms with Crippen molar-refractivity contribution in [2.24, 2.45) is 5.92 Å². The average Bonchev–Trinajstić information content (AvgIpc) is 3.35. The summed E-state index contributed by atoms with van der Waals surface area (Å²) in [5.41, 5.74) is 0. The molecule has 0 bridgehead atoms. The van der Waals surface area contributed by atoms with Crippen molar-refractivity contribution in [3.8, 4) is 0 Å². The maximum Gasteiger partial charge on any atom is 0.231 e. The Morgan fingerprint density at radius 2 is 2.08 bits per heavy atom. The van der Waals surface area contributed by atoms with Crippen LogP contribution in [0.15, 0.2) is 4.52 Å². The molecule has 1 saturated heterocycles. The van der Waals surface area contributed by atoms with Crippen LogP contribution >= 0.6 is 0 Å². The number of likely N-dealkylation sites (tertiary alicyclic amines) is 1. The molecule has 0 radical (unpaired) electrons. The van der Waals surface area contributed by atoms with E-state index in [1.807, 2.05) is 4.90 Å². The first-order valence-electron chi connectivity index (χ1n) is 9.93. The fraction of sp³-hybridized carbons (Fsp3) is 0.842. The van der Waals surface area contributed by atoms with Gasteiger partial charge in [-0.2, -0.15) is 4.98 Å². The minimum Gasteiger partial charge on any atom is -0.384 e. The lowest BCUT2D eigenvalue weighted by Gasteiger charge is -2.31. The van der Waals surface area contributed by atoms with Crippen molar-refractivity contribution in [1.29, 1.82) is 0 Å². The molecule has 1 amide bonds. The van der Waals surface area contributed by atoms with E-state index < -0.39 is 0 Å². The number of aromatic nitrogens is 2. The molecule has 1 unspecified atom stereocenters. The van der Waals surface area contributed by atoms with E-state index in [4.69, 9.17) is 14.0 Å². The Hall–Kier alpha value is -1.47. The summed E-state index contributed by atoms with van der Waals surface area (Å²) in [7, 11) is 1.61. The third-order valence-electron chi connectivity index (χ3n) is 5.43. The number of carbonyl (C=O) groups excluding carboxylic acids is 1. The van der Waals surface area contributed by atoms with Crippen molar-refractivity contribution in [2.45, 2.75) is 57.3 Å². The molecule has 26 heavy (non-hydrogen) atoms. The third-order valence-corrected chi connectivity index (χ3v) is 5.43. The standard InChI is InChI=1S/C19H31N3O4/c1-24-11-9-18(23)22-10-4-7-16(13-22)19-20-17(21-26-19)8-12-25-14-15-5-2-3-6-15/h15-16H,2-14H2,1H3. The van der Waals surface area contributed by atoms with Gasteiger partial charge in [-0.15, -0.1) is 0 Å². The van der Waals surface area contributed by atoms with Crippen molar-refractivity contribution in [3.05, 3.63) is 11.7 Å². The summed E-state index contributed by atoms with van der Waals surface area (Å²) in [6.07, 6.45) is 8.33. The van der Waals surface area contributed by atoms with Crippen LogP contribution in [0.5, 0.6) is 0 Å². The Bertz CT molecular complexity index is 557. The van der Waals surface area contributed by atoms with E-state index in [9.17, 15) is 4.79 Å². The summed E-state index contributed by atoms with van der Waals surface area (Å²) in [6, 6.07) is 0. The highest BCUT2D eigenvalue weighted by Gasteiger charge is 2.28. The summed E-state index contributed by atoms with van der Waals surface area (Å²) >= 11 is 0. The maximum atomic E-state index is 12.2. The average molecular weight is 365 g/mol. The van der Waals surface area contributed by atoms with Crippen LogP contribution in [0.3, 0.4) is 0 Å². The monoisotopic (exact) mass is 365 g/mol. The lowest BCUT2D eigenvalue weighted by atomic mass is 9.97. The van der Waals surface area contributed by atoms with Gasteiger partial charge in [0, 0.05) is 33.2 Å². The lowest BCUT2D eigenvalue weighted by Crippen LogP contribution is -2.39. The molecule has 1 aliphatic carbocycles. The van der Waals surface area contributed by atoms with Gasteiger partial charge in [0.1, 0.15) is 0 Å². The zero-order chi connectivity index (χ0) is 18.2. The molecule has 1 aliphatic heterocycles. The fourth-order valence-corrected chi connectivity index (χ4v) is 3.88. The molecule has 2 aliphatic rings. The quantitative estimate of drug-likeness (QED) is 0.626. The molecule has 1 aromatic heterocycles. The van der Waals surface area contributed by atoms with Crippen LogP contribution in [0.25, 0.3) is 0 Å². The van der Waals surface area contributed by atoms with Crippen molar-refractivity contribution in [1.82, 2.24) is 15.0 Å². The van der Waals surface area contributed by atoms with Gasteiger partial charge in [-0.3, -0.25) is 4.79 Å². The lowest BCUT2D eigenvalue weighted by molar-refractivity contribution is -0.133. The zero-order valence-corrected chi connectivity index (χ0v) is 15.8. The molecule has 1 atom stereocenters. The molecule has 3 rings (SSSR count). The van der Waals surface area contributed by atoms with Crippen LogP contribution in [-0.2, 0) is 20.7 Å². The minimum atomic E-state index is 0.135. The van der Waals surface area contributed by atoms with Crippen LogP contribution < -0.4 is 0 Å². The molecule has 7 heteroatoms. The largest absolute Gasteiger partial charge is 0.384 e. The van der Waals surface area contributed by atoms with E-state index in [2.05, 4.69) is 10.1 Å². The molecule has 2 fully saturated rings. The highest BCUT2D eigenvalue weighted by molar-refractivity contribution is 5.76. The highest BCUT2D eigenvalue weighted by Crippen LogP contribution is 2.26. The third kappa shape index (κ3) is 5.51. The first-order chi connectivity index (χ1) is 12.8. The Morgan fingerprint density at radius 1 is 1.23 bits per heavy atom. The topological polar surface area (TPSA) is 77.7 Å². The number of carbonyl (C=O) groups is 1. The van der Waals surface area contributed by atoms with E-state index in [0.717, 1.165) is 31.9 Å². The smallest absolute Gasteiger partial charge is 0.231 e. The minimum absolute atomic E-state index is 0.135. The van der Waals surface area contributed by atoms with Gasteiger partial charge in [-0.25, -0.2) is 0 Å². The number of piperidine rings is 1. The predicted octanol–water partition coefficient (Wildman–Crippen LogP) is 2.56. The normalized spacial score (nSPS) is 21.4. The second-order valence-corrected chi connectivity index (χ2v) is 7.45. The summed E-state index contributed by atoms with van der Waals surface area (Å²) in [5, 5.41) is 4.09. The van der Waals surface area contributed by atoms with Gasteiger partial charge < -0.3 is 18.9 Å². The van der Waals surface area contributed by atoms with Gasteiger partial charge in [-0.1, -0.05) is 18.0 Å². The Kier molecular flexibility index (Phi) is 7.43. The van der Waals surface area contributed by atoms with Crippen LogP contribution in [0.2, 0.25) is 0 Å². The second-order valence-electron chi connectivity index (χ2n) is 7.45. The van der Waals surface area contributed by atoms with Crippen LogP contribution in [0.4, 0.5) is 0 Å². The van der Waals surface area contributed by atoms with Crippen molar-refractivity contribution < 1.29 is 18.8 Å². The maximum absolute atomic E-state index is 12.2. The molecular weight excluding hydrogens is 334 g/mol. The van der Waals surface area contributed by atoms with E-state index in [1.54, 1.807) is 7.11 Å². The van der Waals surface area contributed by atoms with Crippen LogP contribution in [-0.4, -0.2) is 61.0 Å². The van der Waals surface area contributed by atoms with Gasteiger partial charge >= 0.3 is 0 Å². The molecule has 7 nitrogen and oxygen atoms in total. The van der Waals surface area contributed by atoms with E-state index >= 15 is 0 Å². The first kappa shape index (κ1) is 19.3. The van der Waals surface area contributed by atoms with E-state index in [0.29, 0.717) is 44.3 Å². The summed E-state index contributed by atoms with van der Waals surface area (Å²) < 4.78 is 16.2. The molecular formula is C19H31N3O4. The van der Waals surface area contributed by atoms with Crippen molar-refractivity contribution in [2.75, 3.05) is 40.0 Å². The van der Waals surface area contributed by atoms with Crippen LogP contribution in [0.1, 0.15) is 62.6 Å². The van der Waals surface area contributed by atoms with Gasteiger partial charge in [0.2, 0.25) is 11.8 Å². The van der Waals surface area contributed by atoms with Gasteiger partial charge in [0.15, 0.2) is 5.82 Å². The van der Waals surface area contributed by atoms with E-state index in [1.165, 1.54) is 25.7 Å². The summed E-state index contributed by atoms with van der Waals surface area (Å²) in [6.45, 7) is 3.41. The molecule has 0 N–H and O–H groups in total. The Balaban J connectivity index is 1.42.